The second-order valence-electron chi connectivity index (χ2n) is 6.58. The molecule has 144 valence electrons. The van der Waals surface area contributed by atoms with Crippen LogP contribution in [0.25, 0.3) is 11.1 Å². The first-order valence-electron chi connectivity index (χ1n) is 8.00. The summed E-state index contributed by atoms with van der Waals surface area (Å²) in [5.41, 5.74) is 4.48. The van der Waals surface area contributed by atoms with Crippen LogP contribution in [0.1, 0.15) is 24.5 Å². The summed E-state index contributed by atoms with van der Waals surface area (Å²) in [4.78, 5) is 7.77. The van der Waals surface area contributed by atoms with Crippen molar-refractivity contribution in [3.8, 4) is 11.1 Å². The molecule has 0 amide bonds. The van der Waals surface area contributed by atoms with Gasteiger partial charge in [0.25, 0.3) is 6.02 Å². The van der Waals surface area contributed by atoms with Gasteiger partial charge in [-0.2, -0.15) is 13.2 Å². The number of aliphatic imine (C=N–C) groups is 1. The molecular formula is C18H16F5N3O. The van der Waals surface area contributed by atoms with Crippen LogP contribution in [0.3, 0.4) is 0 Å². The molecule has 2 heterocycles. The van der Waals surface area contributed by atoms with Crippen LogP contribution in [0.15, 0.2) is 35.6 Å². The van der Waals surface area contributed by atoms with Crippen LogP contribution in [0, 0.1) is 18.6 Å². The molecule has 2 N–H and O–H groups in total. The number of rotatable bonds is 2. The third kappa shape index (κ3) is 3.58. The molecule has 27 heavy (non-hydrogen) atoms. The van der Waals surface area contributed by atoms with Crippen LogP contribution in [0.4, 0.5) is 22.0 Å². The lowest BCUT2D eigenvalue weighted by Gasteiger charge is -2.36. The minimum atomic E-state index is -4.69. The smallest absolute Gasteiger partial charge is 0.425 e. The third-order valence-electron chi connectivity index (χ3n) is 4.52. The number of hydrogen-bond donors (Lipinski definition) is 1. The lowest BCUT2D eigenvalue weighted by molar-refractivity contribution is -0.208. The normalized spacial score (nSPS) is 22.9. The molecule has 0 bridgehead atoms. The number of pyridine rings is 1. The molecule has 0 saturated heterocycles. The van der Waals surface area contributed by atoms with Gasteiger partial charge >= 0.3 is 6.18 Å². The summed E-state index contributed by atoms with van der Waals surface area (Å²) in [5, 5.41) is 0. The topological polar surface area (TPSA) is 60.5 Å². The number of nitrogens with two attached hydrogens (primary N) is 1. The third-order valence-corrected chi connectivity index (χ3v) is 4.52. The second-order valence-corrected chi connectivity index (χ2v) is 6.58. The van der Waals surface area contributed by atoms with E-state index >= 15 is 0 Å². The van der Waals surface area contributed by atoms with Crippen molar-refractivity contribution >= 4 is 6.02 Å². The molecule has 2 atom stereocenters. The molecule has 1 aromatic heterocycles. The fourth-order valence-electron chi connectivity index (χ4n) is 3.17. The van der Waals surface area contributed by atoms with Crippen molar-refractivity contribution in [1.82, 2.24) is 4.98 Å². The van der Waals surface area contributed by atoms with E-state index in [-0.39, 0.29) is 11.1 Å². The molecule has 4 nitrogen and oxygen atoms in total. The highest BCUT2D eigenvalue weighted by atomic mass is 19.4. The van der Waals surface area contributed by atoms with Crippen LogP contribution >= 0.6 is 0 Å². The Kier molecular flexibility index (Phi) is 4.57. The van der Waals surface area contributed by atoms with Gasteiger partial charge in [0.05, 0.1) is 5.54 Å². The highest BCUT2D eigenvalue weighted by Crippen LogP contribution is 2.42. The Labute approximate surface area is 151 Å². The molecule has 0 unspecified atom stereocenters. The molecule has 1 aromatic carbocycles. The van der Waals surface area contributed by atoms with Crippen molar-refractivity contribution in [1.29, 1.82) is 0 Å². The number of alkyl halides is 3. The minimum absolute atomic E-state index is 0.108. The maximum Gasteiger partial charge on any atom is 0.425 e. The van der Waals surface area contributed by atoms with Crippen molar-refractivity contribution in [2.75, 3.05) is 0 Å². The van der Waals surface area contributed by atoms with Crippen LogP contribution in [0.2, 0.25) is 0 Å². The maximum atomic E-state index is 14.7. The Morgan fingerprint density at radius 1 is 1.19 bits per heavy atom. The van der Waals surface area contributed by atoms with E-state index in [1.165, 1.54) is 25.4 Å². The molecule has 1 aliphatic rings. The van der Waals surface area contributed by atoms with Gasteiger partial charge in [0, 0.05) is 29.9 Å². The second kappa shape index (κ2) is 6.47. The average Bonchev–Trinajstić information content (AvgIpc) is 2.54. The van der Waals surface area contributed by atoms with E-state index in [1.54, 1.807) is 6.92 Å². The predicted octanol–water partition coefficient (Wildman–Crippen LogP) is 4.22. The highest BCUT2D eigenvalue weighted by Gasteiger charge is 2.50. The van der Waals surface area contributed by atoms with E-state index < -0.39 is 41.9 Å². The van der Waals surface area contributed by atoms with Gasteiger partial charge in [-0.15, -0.1) is 0 Å². The van der Waals surface area contributed by atoms with Gasteiger partial charge in [0.15, 0.2) is 6.10 Å². The monoisotopic (exact) mass is 385 g/mol. The first kappa shape index (κ1) is 19.1. The lowest BCUT2D eigenvalue weighted by atomic mass is 9.83. The van der Waals surface area contributed by atoms with E-state index in [2.05, 4.69) is 14.7 Å². The van der Waals surface area contributed by atoms with Crippen molar-refractivity contribution in [2.45, 2.75) is 38.1 Å². The summed E-state index contributed by atoms with van der Waals surface area (Å²) in [5.74, 6) is -1.35. The van der Waals surface area contributed by atoms with E-state index in [1.807, 2.05) is 0 Å². The van der Waals surface area contributed by atoms with Gasteiger partial charge in [0.2, 0.25) is 0 Å². The van der Waals surface area contributed by atoms with E-state index in [0.29, 0.717) is 11.1 Å². The molecule has 9 heteroatoms. The van der Waals surface area contributed by atoms with Crippen LogP contribution in [-0.2, 0) is 10.3 Å². The van der Waals surface area contributed by atoms with Crippen molar-refractivity contribution in [3.63, 3.8) is 0 Å². The Bertz CT molecular complexity index is 912. The Morgan fingerprint density at radius 3 is 2.52 bits per heavy atom. The minimum Gasteiger partial charge on any atom is -0.452 e. The standard InChI is InChI=1S/C18H16F5N3O/c1-9-5-14(20)12(6-10(9)11-8-25-4-3-13(11)19)17(2)7-15(18(21,22)23)27-16(24)26-17/h3-6,8,15H,7H2,1-2H3,(H2,24,26)/t15-,17-/m0/s1. The number of benzene rings is 1. The molecule has 3 rings (SSSR count). The highest BCUT2D eigenvalue weighted by molar-refractivity contribution is 5.74. The molecule has 0 spiro atoms. The van der Waals surface area contributed by atoms with Crippen molar-refractivity contribution in [3.05, 3.63) is 53.4 Å². The number of amidine groups is 1. The fraction of sp³-hybridized carbons (Fsp3) is 0.333. The molecule has 2 aromatic rings. The summed E-state index contributed by atoms with van der Waals surface area (Å²) in [6.07, 6.45) is -5.05. The van der Waals surface area contributed by atoms with Crippen LogP contribution < -0.4 is 5.73 Å². The van der Waals surface area contributed by atoms with Gasteiger partial charge in [-0.05, 0) is 43.2 Å². The summed E-state index contributed by atoms with van der Waals surface area (Å²) >= 11 is 0. The number of halogens is 5. The van der Waals surface area contributed by atoms with Crippen LogP contribution in [-0.4, -0.2) is 23.3 Å². The Morgan fingerprint density at radius 2 is 1.89 bits per heavy atom. The van der Waals surface area contributed by atoms with E-state index in [4.69, 9.17) is 5.73 Å². The van der Waals surface area contributed by atoms with Gasteiger partial charge in [0.1, 0.15) is 11.6 Å². The SMILES string of the molecule is Cc1cc(F)c([C@]2(C)C[C@@H](C(F)(F)F)OC(N)=N2)cc1-c1cnccc1F. The average molecular weight is 385 g/mol. The largest absolute Gasteiger partial charge is 0.452 e. The van der Waals surface area contributed by atoms with E-state index in [9.17, 15) is 22.0 Å². The first-order chi connectivity index (χ1) is 12.5. The fourth-order valence-corrected chi connectivity index (χ4v) is 3.17. The number of aryl methyl sites for hydroxylation is 1. The number of ether oxygens (including phenoxy) is 1. The molecule has 0 fully saturated rings. The summed E-state index contributed by atoms with van der Waals surface area (Å²) in [6.45, 7) is 2.90. The zero-order valence-electron chi connectivity index (χ0n) is 14.4. The molecule has 0 aliphatic carbocycles. The molecule has 1 aliphatic heterocycles. The van der Waals surface area contributed by atoms with Crippen LogP contribution in [0.5, 0.6) is 0 Å². The van der Waals surface area contributed by atoms with Gasteiger partial charge in [-0.3, -0.25) is 4.98 Å². The zero-order chi connectivity index (χ0) is 20.0. The lowest BCUT2D eigenvalue weighted by Crippen LogP contribution is -2.46. The Balaban J connectivity index is 2.15. The quantitative estimate of drug-likeness (QED) is 0.788. The van der Waals surface area contributed by atoms with Crippen molar-refractivity contribution < 1.29 is 26.7 Å². The number of hydrogen-bond acceptors (Lipinski definition) is 4. The molecular weight excluding hydrogens is 369 g/mol. The van der Waals surface area contributed by atoms with Gasteiger partial charge < -0.3 is 10.5 Å². The molecule has 0 radical (unpaired) electrons. The van der Waals surface area contributed by atoms with E-state index in [0.717, 1.165) is 12.1 Å². The zero-order valence-corrected chi connectivity index (χ0v) is 14.4. The summed E-state index contributed by atoms with van der Waals surface area (Å²) in [7, 11) is 0. The number of aromatic nitrogens is 1. The van der Waals surface area contributed by atoms with Crippen molar-refractivity contribution in [2.24, 2.45) is 10.7 Å². The Hall–Kier alpha value is -2.71. The first-order valence-corrected chi connectivity index (χ1v) is 8.00. The van der Waals surface area contributed by atoms with Gasteiger partial charge in [-0.1, -0.05) is 0 Å². The summed E-state index contributed by atoms with van der Waals surface area (Å²) in [6, 6.07) is 2.89. The maximum absolute atomic E-state index is 14.7. The molecule has 0 saturated carbocycles. The predicted molar refractivity (Wildman–Crippen MR) is 88.8 cm³/mol. The summed E-state index contributed by atoms with van der Waals surface area (Å²) < 4.78 is 72.9. The van der Waals surface area contributed by atoms with Gasteiger partial charge in [-0.25, -0.2) is 13.8 Å². The number of nitrogens with zero attached hydrogens (tertiary/aromatic N) is 2.